The van der Waals surface area contributed by atoms with Gasteiger partial charge in [-0.1, -0.05) is 17.7 Å². The zero-order chi connectivity index (χ0) is 17.6. The minimum Gasteiger partial charge on any atom is -0.495 e. The van der Waals surface area contributed by atoms with Crippen LogP contribution in [0.25, 0.3) is 0 Å². The first kappa shape index (κ1) is 16.6. The lowest BCUT2D eigenvalue weighted by atomic mass is 10.2. The number of methoxy groups -OCH3 is 1. The van der Waals surface area contributed by atoms with E-state index in [-0.39, 0.29) is 0 Å². The monoisotopic (exact) mass is 351 g/mol. The number of nitrogens with zero attached hydrogens (tertiary/aromatic N) is 3. The van der Waals surface area contributed by atoms with Crippen molar-refractivity contribution in [1.29, 1.82) is 5.26 Å². The number of halogens is 1. The first-order valence-corrected chi connectivity index (χ1v) is 7.76. The van der Waals surface area contributed by atoms with Gasteiger partial charge in [0, 0.05) is 16.9 Å². The van der Waals surface area contributed by atoms with Crippen molar-refractivity contribution in [3.63, 3.8) is 0 Å². The molecular weight excluding hydrogens is 338 g/mol. The van der Waals surface area contributed by atoms with Crippen LogP contribution in [0.3, 0.4) is 0 Å². The fourth-order valence-corrected chi connectivity index (χ4v) is 2.37. The van der Waals surface area contributed by atoms with Crippen LogP contribution in [0.5, 0.6) is 5.75 Å². The quantitative estimate of drug-likeness (QED) is 0.704. The fourth-order valence-electron chi connectivity index (χ4n) is 2.20. The van der Waals surface area contributed by atoms with Crippen LogP contribution in [-0.4, -0.2) is 17.1 Å². The Balaban J connectivity index is 1.82. The lowest BCUT2D eigenvalue weighted by molar-refractivity contribution is 0.417. The molecule has 25 heavy (non-hydrogen) atoms. The average Bonchev–Trinajstić information content (AvgIpc) is 2.62. The largest absolute Gasteiger partial charge is 0.495 e. The third-order valence-electron chi connectivity index (χ3n) is 3.33. The third kappa shape index (κ3) is 4.16. The summed E-state index contributed by atoms with van der Waals surface area (Å²) >= 11 is 6.04. The lowest BCUT2D eigenvalue weighted by Crippen LogP contribution is -2.01. The van der Waals surface area contributed by atoms with E-state index in [9.17, 15) is 0 Å². The van der Waals surface area contributed by atoms with Gasteiger partial charge in [0.05, 0.1) is 24.4 Å². The van der Waals surface area contributed by atoms with Gasteiger partial charge in [0.25, 0.3) is 0 Å². The molecule has 1 aromatic heterocycles. The van der Waals surface area contributed by atoms with Crippen molar-refractivity contribution in [3.8, 4) is 11.8 Å². The number of nitriles is 1. The van der Waals surface area contributed by atoms with Crippen molar-refractivity contribution >= 4 is 34.7 Å². The minimum absolute atomic E-state index is 0.404. The van der Waals surface area contributed by atoms with Crippen LogP contribution in [0.15, 0.2) is 54.7 Å². The molecule has 2 N–H and O–H groups in total. The van der Waals surface area contributed by atoms with Gasteiger partial charge in [0.1, 0.15) is 11.6 Å². The molecule has 7 heteroatoms. The Kier molecular flexibility index (Phi) is 4.97. The molecule has 3 aromatic rings. The summed E-state index contributed by atoms with van der Waals surface area (Å²) in [6, 6.07) is 16.2. The average molecular weight is 352 g/mol. The number of nitrogens with one attached hydrogen (secondary N) is 2. The standard InChI is InChI=1S/C18H14ClN5O/c1-25-16-6-5-13(19)10-15(16)23-17-7-8-21-18(24-17)22-14-4-2-3-12(9-14)11-20/h2-10H,1H3,(H2,21,22,23,24). The molecule has 0 spiro atoms. The maximum absolute atomic E-state index is 8.97. The van der Waals surface area contributed by atoms with Crippen LogP contribution in [-0.2, 0) is 0 Å². The molecule has 2 aromatic carbocycles. The number of hydrogen-bond donors (Lipinski definition) is 2. The number of benzene rings is 2. The Hall–Kier alpha value is -3.30. The number of rotatable bonds is 5. The van der Waals surface area contributed by atoms with Gasteiger partial charge in [0.2, 0.25) is 5.95 Å². The van der Waals surface area contributed by atoms with E-state index < -0.39 is 0 Å². The molecule has 0 radical (unpaired) electrons. The number of aromatic nitrogens is 2. The van der Waals surface area contributed by atoms with Crippen molar-refractivity contribution in [2.24, 2.45) is 0 Å². The van der Waals surface area contributed by atoms with E-state index in [1.165, 1.54) is 0 Å². The molecule has 0 amide bonds. The van der Waals surface area contributed by atoms with Crippen LogP contribution < -0.4 is 15.4 Å². The summed E-state index contributed by atoms with van der Waals surface area (Å²) in [4.78, 5) is 8.60. The maximum atomic E-state index is 8.97. The number of anilines is 4. The van der Waals surface area contributed by atoms with Gasteiger partial charge in [0.15, 0.2) is 0 Å². The van der Waals surface area contributed by atoms with Crippen molar-refractivity contribution < 1.29 is 4.74 Å². The summed E-state index contributed by atoms with van der Waals surface area (Å²) in [5.74, 6) is 1.63. The van der Waals surface area contributed by atoms with E-state index in [1.807, 2.05) is 6.07 Å². The second-order valence-electron chi connectivity index (χ2n) is 5.05. The van der Waals surface area contributed by atoms with Gasteiger partial charge in [-0.3, -0.25) is 0 Å². The number of hydrogen-bond acceptors (Lipinski definition) is 6. The Morgan fingerprint density at radius 2 is 2.00 bits per heavy atom. The maximum Gasteiger partial charge on any atom is 0.229 e. The van der Waals surface area contributed by atoms with Crippen LogP contribution >= 0.6 is 11.6 Å². The minimum atomic E-state index is 0.404. The molecular formula is C18H14ClN5O. The van der Waals surface area contributed by atoms with Gasteiger partial charge in [-0.15, -0.1) is 0 Å². The molecule has 6 nitrogen and oxygen atoms in total. The van der Waals surface area contributed by atoms with Crippen molar-refractivity contribution in [3.05, 3.63) is 65.3 Å². The molecule has 0 fully saturated rings. The normalized spacial score (nSPS) is 9.96. The summed E-state index contributed by atoms with van der Waals surface area (Å²) in [5, 5.41) is 15.8. The number of ether oxygens (including phenoxy) is 1. The third-order valence-corrected chi connectivity index (χ3v) is 3.56. The molecule has 0 aliphatic rings. The summed E-state index contributed by atoms with van der Waals surface area (Å²) < 4.78 is 5.31. The van der Waals surface area contributed by atoms with Crippen LogP contribution in [0.2, 0.25) is 5.02 Å². The Morgan fingerprint density at radius 3 is 2.80 bits per heavy atom. The summed E-state index contributed by atoms with van der Waals surface area (Å²) in [6.07, 6.45) is 1.63. The van der Waals surface area contributed by atoms with Crippen LogP contribution in [0.1, 0.15) is 5.56 Å². The fraction of sp³-hybridized carbons (Fsp3) is 0.0556. The van der Waals surface area contributed by atoms with Crippen molar-refractivity contribution in [2.45, 2.75) is 0 Å². The molecule has 0 atom stereocenters. The molecule has 0 unspecified atom stereocenters. The molecule has 0 aliphatic carbocycles. The highest BCUT2D eigenvalue weighted by molar-refractivity contribution is 6.31. The first-order chi connectivity index (χ1) is 12.2. The van der Waals surface area contributed by atoms with Crippen LogP contribution in [0.4, 0.5) is 23.1 Å². The van der Waals surface area contributed by atoms with Crippen molar-refractivity contribution in [1.82, 2.24) is 9.97 Å². The Morgan fingerprint density at radius 1 is 1.12 bits per heavy atom. The van der Waals surface area contributed by atoms with E-state index in [0.29, 0.717) is 33.8 Å². The smallest absolute Gasteiger partial charge is 0.229 e. The summed E-state index contributed by atoms with van der Waals surface area (Å²) in [5.41, 5.74) is 1.99. The highest BCUT2D eigenvalue weighted by Gasteiger charge is 2.06. The predicted octanol–water partition coefficient (Wildman–Crippen LogP) is 4.50. The molecule has 0 bridgehead atoms. The zero-order valence-electron chi connectivity index (χ0n) is 13.3. The molecule has 0 saturated carbocycles. The molecule has 1 heterocycles. The SMILES string of the molecule is COc1ccc(Cl)cc1Nc1ccnc(Nc2cccc(C#N)c2)n1. The predicted molar refractivity (Wildman–Crippen MR) is 97.8 cm³/mol. The second kappa shape index (κ2) is 7.51. The lowest BCUT2D eigenvalue weighted by Gasteiger charge is -2.12. The summed E-state index contributed by atoms with van der Waals surface area (Å²) in [6.45, 7) is 0. The zero-order valence-corrected chi connectivity index (χ0v) is 14.1. The molecule has 124 valence electrons. The van der Waals surface area contributed by atoms with Gasteiger partial charge < -0.3 is 15.4 Å². The topological polar surface area (TPSA) is 82.9 Å². The second-order valence-corrected chi connectivity index (χ2v) is 5.49. The van der Waals surface area contributed by atoms with Gasteiger partial charge >= 0.3 is 0 Å². The van der Waals surface area contributed by atoms with E-state index in [0.717, 1.165) is 5.69 Å². The summed E-state index contributed by atoms with van der Waals surface area (Å²) in [7, 11) is 1.59. The first-order valence-electron chi connectivity index (χ1n) is 7.39. The molecule has 0 aliphatic heterocycles. The van der Waals surface area contributed by atoms with Crippen molar-refractivity contribution in [2.75, 3.05) is 17.7 Å². The van der Waals surface area contributed by atoms with E-state index in [4.69, 9.17) is 21.6 Å². The van der Waals surface area contributed by atoms with E-state index in [1.54, 1.807) is 55.8 Å². The van der Waals surface area contributed by atoms with Crippen LogP contribution in [0, 0.1) is 11.3 Å². The van der Waals surface area contributed by atoms with Gasteiger partial charge in [-0.25, -0.2) is 4.98 Å². The molecule has 3 rings (SSSR count). The van der Waals surface area contributed by atoms with Gasteiger partial charge in [-0.2, -0.15) is 10.2 Å². The highest BCUT2D eigenvalue weighted by atomic mass is 35.5. The Bertz CT molecular complexity index is 939. The van der Waals surface area contributed by atoms with Gasteiger partial charge in [-0.05, 0) is 42.5 Å². The van der Waals surface area contributed by atoms with E-state index >= 15 is 0 Å². The highest BCUT2D eigenvalue weighted by Crippen LogP contribution is 2.30. The van der Waals surface area contributed by atoms with E-state index in [2.05, 4.69) is 26.7 Å². The molecule has 0 saturated heterocycles. The Labute approximate surface area is 150 Å².